The molecule has 1 N–H and O–H groups in total. The molecule has 0 saturated carbocycles. The number of para-hydroxylation sites is 2. The summed E-state index contributed by atoms with van der Waals surface area (Å²) in [6, 6.07) is 19.1. The Morgan fingerprint density at radius 2 is 1.91 bits per heavy atom. The Morgan fingerprint density at radius 3 is 2.82 bits per heavy atom. The van der Waals surface area contributed by atoms with E-state index in [9.17, 15) is 0 Å². The van der Waals surface area contributed by atoms with E-state index >= 15 is 0 Å². The molecule has 1 aromatic heterocycles. The Labute approximate surface area is 129 Å². The summed E-state index contributed by atoms with van der Waals surface area (Å²) in [5.41, 5.74) is 3.55. The first-order chi connectivity index (χ1) is 10.9. The molecule has 112 valence electrons. The number of nitrogens with zero attached hydrogens (tertiary/aromatic N) is 2. The van der Waals surface area contributed by atoms with Crippen LogP contribution in [0.15, 0.2) is 54.6 Å². The van der Waals surface area contributed by atoms with Gasteiger partial charge in [0.1, 0.15) is 12.4 Å². The molecule has 22 heavy (non-hydrogen) atoms. The Hall–Kier alpha value is -2.17. The normalized spacial score (nSPS) is 17.5. The Balaban J connectivity index is 1.52. The fourth-order valence-electron chi connectivity index (χ4n) is 3.09. The standard InChI is InChI=1S/C18H19N3O/c1-2-6-14(7-3-1)10-19-11-15-12-22-13-18-20-16-8-4-5-9-17(16)21(15)18/h1-9,15,19H,10-13H2. The zero-order valence-electron chi connectivity index (χ0n) is 12.4. The van der Waals surface area contributed by atoms with Crippen LogP contribution in [0.4, 0.5) is 0 Å². The number of ether oxygens (including phenoxy) is 1. The van der Waals surface area contributed by atoms with Crippen molar-refractivity contribution in [2.24, 2.45) is 0 Å². The third kappa shape index (κ3) is 2.51. The van der Waals surface area contributed by atoms with E-state index in [1.165, 1.54) is 11.1 Å². The van der Waals surface area contributed by atoms with E-state index in [1.54, 1.807) is 0 Å². The van der Waals surface area contributed by atoms with E-state index in [-0.39, 0.29) is 0 Å². The molecule has 2 heterocycles. The fourth-order valence-corrected chi connectivity index (χ4v) is 3.09. The van der Waals surface area contributed by atoms with Crippen LogP contribution >= 0.6 is 0 Å². The Bertz CT molecular complexity index is 766. The van der Waals surface area contributed by atoms with Crippen LogP contribution < -0.4 is 5.32 Å². The Kier molecular flexibility index (Phi) is 3.62. The van der Waals surface area contributed by atoms with Gasteiger partial charge in [0.05, 0.1) is 23.7 Å². The van der Waals surface area contributed by atoms with Crippen LogP contribution in [-0.2, 0) is 17.9 Å². The molecule has 0 bridgehead atoms. The van der Waals surface area contributed by atoms with Crippen molar-refractivity contribution in [2.75, 3.05) is 13.2 Å². The summed E-state index contributed by atoms with van der Waals surface area (Å²) >= 11 is 0. The lowest BCUT2D eigenvalue weighted by atomic mass is 10.2. The molecule has 1 unspecified atom stereocenters. The van der Waals surface area contributed by atoms with Crippen molar-refractivity contribution in [1.29, 1.82) is 0 Å². The molecule has 4 rings (SSSR count). The van der Waals surface area contributed by atoms with Gasteiger partial charge in [-0.25, -0.2) is 4.98 Å². The van der Waals surface area contributed by atoms with Crippen LogP contribution in [0.1, 0.15) is 17.4 Å². The molecule has 1 atom stereocenters. The summed E-state index contributed by atoms with van der Waals surface area (Å²) in [5.74, 6) is 1.03. The maximum absolute atomic E-state index is 5.72. The second-order valence-corrected chi connectivity index (χ2v) is 5.67. The molecular weight excluding hydrogens is 274 g/mol. The summed E-state index contributed by atoms with van der Waals surface area (Å²) in [7, 11) is 0. The van der Waals surface area contributed by atoms with Crippen LogP contribution in [0.5, 0.6) is 0 Å². The van der Waals surface area contributed by atoms with Crippen molar-refractivity contribution in [3.05, 3.63) is 66.0 Å². The van der Waals surface area contributed by atoms with Crippen LogP contribution in [0.2, 0.25) is 0 Å². The summed E-state index contributed by atoms with van der Waals surface area (Å²) in [5, 5.41) is 3.54. The molecule has 0 fully saturated rings. The highest BCUT2D eigenvalue weighted by molar-refractivity contribution is 5.76. The third-order valence-electron chi connectivity index (χ3n) is 4.13. The average molecular weight is 293 g/mol. The first-order valence-electron chi connectivity index (χ1n) is 7.70. The molecule has 0 radical (unpaired) electrons. The van der Waals surface area contributed by atoms with Crippen molar-refractivity contribution in [3.8, 4) is 0 Å². The number of hydrogen-bond acceptors (Lipinski definition) is 3. The number of imidazole rings is 1. The molecule has 0 spiro atoms. The molecule has 0 amide bonds. The van der Waals surface area contributed by atoms with E-state index in [4.69, 9.17) is 4.74 Å². The lowest BCUT2D eigenvalue weighted by molar-refractivity contribution is 0.0564. The number of fused-ring (bicyclic) bond motifs is 3. The number of nitrogens with one attached hydrogen (secondary N) is 1. The highest BCUT2D eigenvalue weighted by Gasteiger charge is 2.23. The van der Waals surface area contributed by atoms with E-state index in [0.29, 0.717) is 12.6 Å². The van der Waals surface area contributed by atoms with Gasteiger partial charge >= 0.3 is 0 Å². The predicted molar refractivity (Wildman–Crippen MR) is 86.6 cm³/mol. The van der Waals surface area contributed by atoms with Crippen LogP contribution in [-0.4, -0.2) is 22.7 Å². The largest absolute Gasteiger partial charge is 0.371 e. The van der Waals surface area contributed by atoms with Crippen molar-refractivity contribution in [1.82, 2.24) is 14.9 Å². The van der Waals surface area contributed by atoms with Gasteiger partial charge in [-0.2, -0.15) is 0 Å². The summed E-state index contributed by atoms with van der Waals surface area (Å²) < 4.78 is 8.05. The van der Waals surface area contributed by atoms with Crippen LogP contribution in [0, 0.1) is 0 Å². The van der Waals surface area contributed by atoms with Crippen molar-refractivity contribution in [2.45, 2.75) is 19.2 Å². The topological polar surface area (TPSA) is 39.1 Å². The molecule has 0 aliphatic carbocycles. The quantitative estimate of drug-likeness (QED) is 0.804. The SMILES string of the molecule is c1ccc(CNCC2COCc3nc4ccccc4n32)cc1. The Morgan fingerprint density at radius 1 is 1.09 bits per heavy atom. The number of rotatable bonds is 4. The highest BCUT2D eigenvalue weighted by Crippen LogP contribution is 2.25. The molecule has 1 aliphatic heterocycles. The molecule has 0 saturated heterocycles. The molecule has 4 nitrogen and oxygen atoms in total. The minimum atomic E-state index is 0.292. The number of benzene rings is 2. The van der Waals surface area contributed by atoms with Gasteiger partial charge in [-0.05, 0) is 17.7 Å². The van der Waals surface area contributed by atoms with Crippen molar-refractivity contribution < 1.29 is 4.74 Å². The smallest absolute Gasteiger partial charge is 0.136 e. The second kappa shape index (κ2) is 5.91. The molecule has 3 aromatic rings. The van der Waals surface area contributed by atoms with E-state index in [2.05, 4.69) is 57.3 Å². The van der Waals surface area contributed by atoms with Crippen molar-refractivity contribution in [3.63, 3.8) is 0 Å². The fraction of sp³-hybridized carbons (Fsp3) is 0.278. The second-order valence-electron chi connectivity index (χ2n) is 5.67. The van der Waals surface area contributed by atoms with Crippen LogP contribution in [0.25, 0.3) is 11.0 Å². The van der Waals surface area contributed by atoms with Gasteiger partial charge in [-0.3, -0.25) is 0 Å². The van der Waals surface area contributed by atoms with Gasteiger partial charge in [0, 0.05) is 13.1 Å². The molecule has 4 heteroatoms. The van der Waals surface area contributed by atoms with Gasteiger partial charge in [-0.15, -0.1) is 0 Å². The molecular formula is C18H19N3O. The van der Waals surface area contributed by atoms with Gasteiger partial charge in [0.15, 0.2) is 0 Å². The minimum absolute atomic E-state index is 0.292. The van der Waals surface area contributed by atoms with Crippen molar-refractivity contribution >= 4 is 11.0 Å². The number of aromatic nitrogens is 2. The molecule has 2 aromatic carbocycles. The van der Waals surface area contributed by atoms with Gasteiger partial charge in [0.2, 0.25) is 0 Å². The molecule has 1 aliphatic rings. The summed E-state index contributed by atoms with van der Waals surface area (Å²) in [6.07, 6.45) is 0. The monoisotopic (exact) mass is 293 g/mol. The lowest BCUT2D eigenvalue weighted by Gasteiger charge is -2.26. The number of hydrogen-bond donors (Lipinski definition) is 1. The van der Waals surface area contributed by atoms with E-state index in [0.717, 1.165) is 31.0 Å². The van der Waals surface area contributed by atoms with Gasteiger partial charge in [-0.1, -0.05) is 42.5 Å². The van der Waals surface area contributed by atoms with Crippen LogP contribution in [0.3, 0.4) is 0 Å². The zero-order chi connectivity index (χ0) is 14.8. The third-order valence-corrected chi connectivity index (χ3v) is 4.13. The minimum Gasteiger partial charge on any atom is -0.371 e. The first-order valence-corrected chi connectivity index (χ1v) is 7.70. The average Bonchev–Trinajstić information content (AvgIpc) is 2.95. The van der Waals surface area contributed by atoms with Gasteiger partial charge in [0.25, 0.3) is 0 Å². The van der Waals surface area contributed by atoms with E-state index < -0.39 is 0 Å². The summed E-state index contributed by atoms with van der Waals surface area (Å²) in [6.45, 7) is 3.08. The van der Waals surface area contributed by atoms with Gasteiger partial charge < -0.3 is 14.6 Å². The maximum atomic E-state index is 5.72. The summed E-state index contributed by atoms with van der Waals surface area (Å²) in [4.78, 5) is 4.68. The van der Waals surface area contributed by atoms with E-state index in [1.807, 2.05) is 12.1 Å². The predicted octanol–water partition coefficient (Wildman–Crippen LogP) is 2.90. The first kappa shape index (κ1) is 13.5. The zero-order valence-corrected chi connectivity index (χ0v) is 12.4. The lowest BCUT2D eigenvalue weighted by Crippen LogP contribution is -2.32. The maximum Gasteiger partial charge on any atom is 0.136 e. The highest BCUT2D eigenvalue weighted by atomic mass is 16.5.